The van der Waals surface area contributed by atoms with Crippen molar-refractivity contribution in [2.75, 3.05) is 32.0 Å². The molecule has 0 aromatic heterocycles. The molecule has 1 N–H and O–H groups in total. The topological polar surface area (TPSA) is 35.4 Å². The monoisotopic (exact) mass is 443 g/mol. The molecule has 4 nitrogen and oxygen atoms in total. The van der Waals surface area contributed by atoms with Gasteiger partial charge in [0.15, 0.2) is 0 Å². The molecule has 2 aliphatic carbocycles. The molecule has 2 heterocycles. The molecule has 1 spiro atoms. The van der Waals surface area contributed by atoms with Crippen molar-refractivity contribution in [3.8, 4) is 0 Å². The summed E-state index contributed by atoms with van der Waals surface area (Å²) in [4.78, 5) is 18.2. The Hall–Kier alpha value is -2.33. The predicted octanol–water partition coefficient (Wildman–Crippen LogP) is 5.23. The molecule has 4 unspecified atom stereocenters. The van der Waals surface area contributed by atoms with Crippen molar-refractivity contribution in [2.45, 2.75) is 68.9 Å². The highest BCUT2D eigenvalue weighted by atomic mass is 16.2. The molecule has 33 heavy (non-hydrogen) atoms. The third kappa shape index (κ3) is 3.41. The molecular formula is C29H37N3O. The molecular weight excluding hydrogens is 406 g/mol. The number of nitrogens with one attached hydrogen (secondary N) is 1. The van der Waals surface area contributed by atoms with Gasteiger partial charge in [-0.3, -0.25) is 9.69 Å². The minimum absolute atomic E-state index is 0.180. The number of carbonyl (C=O) groups is 1. The van der Waals surface area contributed by atoms with E-state index in [-0.39, 0.29) is 11.3 Å². The van der Waals surface area contributed by atoms with Crippen molar-refractivity contribution in [3.63, 3.8) is 0 Å². The van der Waals surface area contributed by atoms with Gasteiger partial charge in [0.2, 0.25) is 0 Å². The first kappa shape index (κ1) is 21.2. The molecule has 0 radical (unpaired) electrons. The summed E-state index contributed by atoms with van der Waals surface area (Å²) in [5.41, 5.74) is 5.31. The molecule has 4 fully saturated rings. The van der Waals surface area contributed by atoms with Crippen LogP contribution in [0.3, 0.4) is 0 Å². The molecule has 0 bridgehead atoms. The van der Waals surface area contributed by atoms with E-state index in [1.54, 1.807) is 0 Å². The van der Waals surface area contributed by atoms with E-state index in [0.29, 0.717) is 5.54 Å². The molecule has 4 atom stereocenters. The number of nitrogens with zero attached hydrogens (tertiary/aromatic N) is 2. The molecule has 2 aromatic carbocycles. The van der Waals surface area contributed by atoms with Crippen LogP contribution in [0.15, 0.2) is 48.5 Å². The van der Waals surface area contributed by atoms with Crippen molar-refractivity contribution in [1.29, 1.82) is 0 Å². The summed E-state index contributed by atoms with van der Waals surface area (Å²) in [6.45, 7) is 4.98. The fourth-order valence-corrected chi connectivity index (χ4v) is 7.46. The Bertz CT molecular complexity index is 1040. The number of benzene rings is 2. The largest absolute Gasteiger partial charge is 0.388 e. The third-order valence-corrected chi connectivity index (χ3v) is 9.54. The smallest absolute Gasteiger partial charge is 0.253 e. The zero-order valence-electron chi connectivity index (χ0n) is 20.1. The zero-order valence-corrected chi connectivity index (χ0v) is 20.1. The Morgan fingerprint density at radius 1 is 1.09 bits per heavy atom. The number of rotatable bonds is 6. The molecule has 6 rings (SSSR count). The highest BCUT2D eigenvalue weighted by molar-refractivity contribution is 5.95. The first-order valence-corrected chi connectivity index (χ1v) is 13.0. The van der Waals surface area contributed by atoms with Crippen molar-refractivity contribution in [1.82, 2.24) is 9.80 Å². The highest BCUT2D eigenvalue weighted by Crippen LogP contribution is 2.70. The Morgan fingerprint density at radius 3 is 2.58 bits per heavy atom. The Morgan fingerprint density at radius 2 is 1.88 bits per heavy atom. The Labute approximate surface area is 198 Å². The van der Waals surface area contributed by atoms with Crippen LogP contribution in [0, 0.1) is 12.8 Å². The number of aryl methyl sites for hydroxylation is 1. The van der Waals surface area contributed by atoms with E-state index in [9.17, 15) is 4.79 Å². The molecule has 174 valence electrons. The van der Waals surface area contributed by atoms with Crippen molar-refractivity contribution >= 4 is 11.6 Å². The van der Waals surface area contributed by atoms with Gasteiger partial charge < -0.3 is 10.2 Å². The first-order chi connectivity index (χ1) is 16.1. The molecule has 4 heteroatoms. The van der Waals surface area contributed by atoms with Crippen LogP contribution in [0.4, 0.5) is 5.69 Å². The lowest BCUT2D eigenvalue weighted by Crippen LogP contribution is -2.46. The lowest BCUT2D eigenvalue weighted by molar-refractivity contribution is 0.0655. The lowest BCUT2D eigenvalue weighted by atomic mass is 9.70. The standard InChI is InChI=1S/C29H37N3O/c1-21-19-22(11-12-25(21)30-2)27(33)31-16-13-28(14-17-31,23-7-4-3-5-8-23)15-18-32-26-10-6-9-24-20-29(24,26)32/h3-5,7-8,11-12,19,24,26,30H,6,9-10,13-18,20H2,1-2H3. The van der Waals surface area contributed by atoms with Crippen molar-refractivity contribution in [2.24, 2.45) is 5.92 Å². The van der Waals surface area contributed by atoms with E-state index in [0.717, 1.165) is 54.7 Å². The van der Waals surface area contributed by atoms with Gasteiger partial charge in [-0.2, -0.15) is 0 Å². The molecule has 2 aliphatic heterocycles. The number of anilines is 1. The number of piperidine rings is 1. The van der Waals surface area contributed by atoms with E-state index in [4.69, 9.17) is 0 Å². The van der Waals surface area contributed by atoms with Crippen LogP contribution in [-0.4, -0.2) is 54.0 Å². The average Bonchev–Trinajstić information content (AvgIpc) is 3.75. The maximum Gasteiger partial charge on any atom is 0.253 e. The van der Waals surface area contributed by atoms with Crippen LogP contribution >= 0.6 is 0 Å². The van der Waals surface area contributed by atoms with Gasteiger partial charge in [-0.25, -0.2) is 0 Å². The van der Waals surface area contributed by atoms with Gasteiger partial charge in [-0.1, -0.05) is 36.8 Å². The molecule has 1 amide bonds. The summed E-state index contributed by atoms with van der Waals surface area (Å²) in [5.74, 6) is 1.18. The van der Waals surface area contributed by atoms with E-state index >= 15 is 0 Å². The minimum Gasteiger partial charge on any atom is -0.388 e. The van der Waals surface area contributed by atoms with Crippen LogP contribution in [0.1, 0.15) is 66.4 Å². The van der Waals surface area contributed by atoms with E-state index < -0.39 is 0 Å². The average molecular weight is 444 g/mol. The molecule has 2 saturated carbocycles. The third-order valence-electron chi connectivity index (χ3n) is 9.54. The van der Waals surface area contributed by atoms with Gasteiger partial charge in [-0.05, 0) is 92.7 Å². The second kappa shape index (κ2) is 7.87. The number of amides is 1. The molecule has 2 saturated heterocycles. The van der Waals surface area contributed by atoms with E-state index in [1.165, 1.54) is 44.2 Å². The first-order valence-electron chi connectivity index (χ1n) is 13.0. The van der Waals surface area contributed by atoms with Gasteiger partial charge in [0.25, 0.3) is 5.91 Å². The zero-order chi connectivity index (χ0) is 22.6. The quantitative estimate of drug-likeness (QED) is 0.621. The normalized spacial score (nSPS) is 31.3. The van der Waals surface area contributed by atoms with E-state index in [1.807, 2.05) is 25.2 Å². The maximum absolute atomic E-state index is 13.3. The lowest BCUT2D eigenvalue weighted by Gasteiger charge is -2.43. The number of hydrogen-bond acceptors (Lipinski definition) is 3. The fraction of sp³-hybridized carbons (Fsp3) is 0.552. The van der Waals surface area contributed by atoms with Crippen LogP contribution in [0.25, 0.3) is 0 Å². The highest BCUT2D eigenvalue weighted by Gasteiger charge is 2.76. The van der Waals surface area contributed by atoms with Gasteiger partial charge in [0.1, 0.15) is 0 Å². The summed E-state index contributed by atoms with van der Waals surface area (Å²) < 4.78 is 0. The number of carbonyl (C=O) groups excluding carboxylic acids is 1. The van der Waals surface area contributed by atoms with Gasteiger partial charge in [0.05, 0.1) is 0 Å². The van der Waals surface area contributed by atoms with Crippen molar-refractivity contribution < 1.29 is 4.79 Å². The molecule has 2 aromatic rings. The second-order valence-corrected chi connectivity index (χ2v) is 11.0. The predicted molar refractivity (Wildman–Crippen MR) is 134 cm³/mol. The van der Waals surface area contributed by atoms with E-state index in [2.05, 4.69) is 52.4 Å². The minimum atomic E-state index is 0.180. The fourth-order valence-electron chi connectivity index (χ4n) is 7.46. The number of likely N-dealkylation sites (tertiary alicyclic amines) is 2. The summed E-state index contributed by atoms with van der Waals surface area (Å²) in [7, 11) is 1.92. The SMILES string of the molecule is CNc1ccc(C(=O)N2CCC(CCN3C4CCCC5CC543)(c3ccccc3)CC2)cc1C. The van der Waals surface area contributed by atoms with Gasteiger partial charge >= 0.3 is 0 Å². The van der Waals surface area contributed by atoms with Crippen LogP contribution in [0.5, 0.6) is 0 Å². The Kier molecular flexibility index (Phi) is 5.06. The summed E-state index contributed by atoms with van der Waals surface area (Å²) >= 11 is 0. The summed E-state index contributed by atoms with van der Waals surface area (Å²) in [6.07, 6.45) is 9.12. The Balaban J connectivity index is 1.16. The second-order valence-electron chi connectivity index (χ2n) is 11.0. The van der Waals surface area contributed by atoms with Gasteiger partial charge in [0, 0.05) is 43.0 Å². The summed E-state index contributed by atoms with van der Waals surface area (Å²) in [6, 6.07) is 18.1. The van der Waals surface area contributed by atoms with Crippen molar-refractivity contribution in [3.05, 3.63) is 65.2 Å². The maximum atomic E-state index is 13.3. The van der Waals surface area contributed by atoms with Crippen LogP contribution in [-0.2, 0) is 5.41 Å². The summed E-state index contributed by atoms with van der Waals surface area (Å²) in [5, 5.41) is 3.19. The van der Waals surface area contributed by atoms with Gasteiger partial charge in [-0.15, -0.1) is 0 Å². The molecule has 4 aliphatic rings. The van der Waals surface area contributed by atoms with Crippen LogP contribution < -0.4 is 5.32 Å². The van der Waals surface area contributed by atoms with Crippen LogP contribution in [0.2, 0.25) is 0 Å². The number of hydrogen-bond donors (Lipinski definition) is 1.